The van der Waals surface area contributed by atoms with Gasteiger partial charge in [0.05, 0.1) is 0 Å². The van der Waals surface area contributed by atoms with Crippen LogP contribution in [0.2, 0.25) is 0 Å². The van der Waals surface area contributed by atoms with E-state index in [4.69, 9.17) is 0 Å². The van der Waals surface area contributed by atoms with E-state index in [0.29, 0.717) is 0 Å². The van der Waals surface area contributed by atoms with Crippen LogP contribution in [0, 0.1) is 27.7 Å². The Morgan fingerprint density at radius 3 is 0.690 bits per heavy atom. The molecule has 0 bridgehead atoms. The summed E-state index contributed by atoms with van der Waals surface area (Å²) in [5.74, 6) is 0. The molecule has 318 valence electrons. The Morgan fingerprint density at radius 2 is 0.500 bits per heavy atom. The molecular weight excluding hydrogens is 976 g/mol. The van der Waals surface area contributed by atoms with Gasteiger partial charge < -0.3 is 67.9 Å². The highest BCUT2D eigenvalue weighted by atomic mass is 79.9. The Morgan fingerprint density at radius 1 is 0.293 bits per heavy atom. The Kier molecular flexibility index (Phi) is 25.5. The third kappa shape index (κ3) is 15.6. The first-order chi connectivity index (χ1) is 26.2. The number of hydrogen-bond donors (Lipinski definition) is 0. The molecule has 4 nitrogen and oxygen atoms in total. The minimum Gasteiger partial charge on any atom is -1.00 e. The van der Waals surface area contributed by atoms with Crippen LogP contribution >= 0.6 is 0 Å². The van der Waals surface area contributed by atoms with Crippen molar-refractivity contribution in [2.75, 3.05) is 0 Å². The van der Waals surface area contributed by atoms with Gasteiger partial charge in [-0.1, -0.05) is 53.4 Å². The Labute approximate surface area is 394 Å². The number of pyridine rings is 4. The summed E-state index contributed by atoms with van der Waals surface area (Å²) in [7, 11) is 0. The lowest BCUT2D eigenvalue weighted by molar-refractivity contribution is -0.697. The first-order valence-corrected chi connectivity index (χ1v) is 21.4. The van der Waals surface area contributed by atoms with Gasteiger partial charge in [0.25, 0.3) is 0 Å². The highest BCUT2D eigenvalue weighted by Gasteiger charge is 2.23. The van der Waals surface area contributed by atoms with Gasteiger partial charge in [0.15, 0.2) is 49.6 Å². The van der Waals surface area contributed by atoms with Crippen LogP contribution in [0.15, 0.2) is 86.0 Å². The highest BCUT2D eigenvalue weighted by Crippen LogP contribution is 2.42. The van der Waals surface area contributed by atoms with Gasteiger partial charge in [-0.3, -0.25) is 0 Å². The zero-order valence-electron chi connectivity index (χ0n) is 36.7. The minimum atomic E-state index is 0. The summed E-state index contributed by atoms with van der Waals surface area (Å²) < 4.78 is 9.75. The van der Waals surface area contributed by atoms with Crippen molar-refractivity contribution in [1.82, 2.24) is 0 Å². The summed E-state index contributed by atoms with van der Waals surface area (Å²) in [5, 5.41) is 0. The van der Waals surface area contributed by atoms with Crippen molar-refractivity contribution in [3.63, 3.8) is 0 Å². The molecule has 1 aromatic carbocycles. The Bertz CT molecular complexity index is 1710. The molecule has 4 heterocycles. The van der Waals surface area contributed by atoms with Crippen molar-refractivity contribution in [2.45, 2.75) is 159 Å². The first-order valence-electron chi connectivity index (χ1n) is 21.4. The molecule has 0 saturated carbocycles. The molecular formula is C50H70Br4N4. The van der Waals surface area contributed by atoms with Gasteiger partial charge in [-0.2, -0.15) is 0 Å². The lowest BCUT2D eigenvalue weighted by Gasteiger charge is -2.18. The van der Waals surface area contributed by atoms with Crippen LogP contribution in [0.25, 0.3) is 44.5 Å². The Hall–Kier alpha value is -2.26. The zero-order valence-corrected chi connectivity index (χ0v) is 43.0. The van der Waals surface area contributed by atoms with Crippen molar-refractivity contribution >= 4 is 0 Å². The summed E-state index contributed by atoms with van der Waals surface area (Å²) in [6, 6.07) is 14.7. The van der Waals surface area contributed by atoms with Gasteiger partial charge in [-0.25, -0.2) is 18.3 Å². The summed E-state index contributed by atoms with van der Waals surface area (Å²) in [6.07, 6.45) is 33.7. The number of hydrogen-bond acceptors (Lipinski definition) is 0. The zero-order chi connectivity index (χ0) is 38.5. The Balaban J connectivity index is 0.00000420. The predicted molar refractivity (Wildman–Crippen MR) is 226 cm³/mol. The fourth-order valence-corrected chi connectivity index (χ4v) is 8.03. The minimum absolute atomic E-state index is 0. The van der Waals surface area contributed by atoms with Gasteiger partial charge in [-0.15, -0.1) is 0 Å². The second-order valence-corrected chi connectivity index (χ2v) is 16.1. The molecule has 0 spiro atoms. The number of aryl methyl sites for hydroxylation is 8. The molecule has 0 fully saturated rings. The van der Waals surface area contributed by atoms with Crippen molar-refractivity contribution in [1.29, 1.82) is 0 Å². The maximum atomic E-state index is 2.54. The summed E-state index contributed by atoms with van der Waals surface area (Å²) in [4.78, 5) is 0. The summed E-state index contributed by atoms with van der Waals surface area (Å²) in [5.41, 5.74) is 15.6. The van der Waals surface area contributed by atoms with Gasteiger partial charge in [0, 0.05) is 70.2 Å². The fourth-order valence-electron chi connectivity index (χ4n) is 8.03. The van der Waals surface area contributed by atoms with Gasteiger partial charge in [-0.05, 0) is 112 Å². The van der Waals surface area contributed by atoms with Crippen molar-refractivity contribution in [3.05, 3.63) is 108 Å². The predicted octanol–water partition coefficient (Wildman–Crippen LogP) is -0.485. The molecule has 0 N–H and O–H groups in total. The highest BCUT2D eigenvalue weighted by molar-refractivity contribution is 5.94. The van der Waals surface area contributed by atoms with E-state index >= 15 is 0 Å². The van der Waals surface area contributed by atoms with E-state index in [-0.39, 0.29) is 67.9 Å². The molecule has 5 aromatic rings. The molecule has 0 aliphatic rings. The second-order valence-electron chi connectivity index (χ2n) is 16.1. The van der Waals surface area contributed by atoms with E-state index in [1.165, 1.54) is 144 Å². The normalized spacial score (nSPS) is 10.6. The molecule has 0 radical (unpaired) electrons. The number of benzene rings is 1. The van der Waals surface area contributed by atoms with Gasteiger partial charge >= 0.3 is 0 Å². The molecule has 5 rings (SSSR count). The van der Waals surface area contributed by atoms with Gasteiger partial charge in [0.2, 0.25) is 0 Å². The van der Waals surface area contributed by atoms with Crippen molar-refractivity contribution in [2.24, 2.45) is 0 Å². The smallest absolute Gasteiger partial charge is 0.176 e. The van der Waals surface area contributed by atoms with E-state index in [2.05, 4.69) is 160 Å². The molecule has 0 aliphatic heterocycles. The molecule has 0 aliphatic carbocycles. The van der Waals surface area contributed by atoms with Crippen molar-refractivity contribution in [3.8, 4) is 44.5 Å². The standard InChI is InChI=1S/C50H70N4.4BrH/c1-9-13-17-21-51-31-39(5)25-43(35-51)47-29-49(45-27-41(7)33-53(37-45)23-19-15-11-3)50(46-28-42(8)34-54(38-46)24-20-16-12-4)30-48(47)44-26-40(6)32-52(36-44)22-18-14-10-2;;;;/h25-38H,9-24H2,1-8H3;4*1H/q+4;;;;/p-4. The molecule has 0 atom stereocenters. The summed E-state index contributed by atoms with van der Waals surface area (Å²) in [6.45, 7) is 22.4. The average molecular weight is 1050 g/mol. The monoisotopic (exact) mass is 1040 g/mol. The molecule has 58 heavy (non-hydrogen) atoms. The quantitative estimate of drug-likeness (QED) is 0.0741. The van der Waals surface area contributed by atoms with Crippen LogP contribution in [0.3, 0.4) is 0 Å². The molecule has 4 aromatic heterocycles. The van der Waals surface area contributed by atoms with E-state index in [1.807, 2.05) is 0 Å². The van der Waals surface area contributed by atoms with Crippen LogP contribution in [0.4, 0.5) is 0 Å². The third-order valence-electron chi connectivity index (χ3n) is 10.7. The topological polar surface area (TPSA) is 15.5 Å². The van der Waals surface area contributed by atoms with Crippen LogP contribution < -0.4 is 86.2 Å². The number of halogens is 4. The lowest BCUT2D eigenvalue weighted by atomic mass is 9.86. The largest absolute Gasteiger partial charge is 1.00 e. The number of nitrogens with zero attached hydrogens (tertiary/aromatic N) is 4. The first kappa shape index (κ1) is 53.8. The fraction of sp³-hybridized carbons (Fsp3) is 0.480. The van der Waals surface area contributed by atoms with E-state index in [9.17, 15) is 0 Å². The number of rotatable bonds is 20. The van der Waals surface area contributed by atoms with E-state index in [1.54, 1.807) is 0 Å². The lowest BCUT2D eigenvalue weighted by Crippen LogP contribution is -3.00. The molecule has 0 unspecified atom stereocenters. The maximum absolute atomic E-state index is 2.54. The average Bonchev–Trinajstić information content (AvgIpc) is 3.14. The van der Waals surface area contributed by atoms with Crippen LogP contribution in [-0.4, -0.2) is 0 Å². The molecule has 8 heteroatoms. The van der Waals surface area contributed by atoms with Crippen molar-refractivity contribution < 1.29 is 86.2 Å². The maximum Gasteiger partial charge on any atom is 0.176 e. The van der Waals surface area contributed by atoms with E-state index in [0.717, 1.165) is 26.2 Å². The summed E-state index contributed by atoms with van der Waals surface area (Å²) >= 11 is 0. The van der Waals surface area contributed by atoms with Crippen LogP contribution in [0.5, 0.6) is 0 Å². The number of aromatic nitrogens is 4. The third-order valence-corrected chi connectivity index (χ3v) is 10.7. The second kappa shape index (κ2) is 27.6. The molecule has 0 amide bonds. The number of unbranched alkanes of at least 4 members (excludes halogenated alkanes) is 8. The van der Waals surface area contributed by atoms with Crippen LogP contribution in [0.1, 0.15) is 127 Å². The molecule has 0 saturated heterocycles. The van der Waals surface area contributed by atoms with Gasteiger partial charge in [0.1, 0.15) is 26.2 Å². The van der Waals surface area contributed by atoms with Crippen LogP contribution in [-0.2, 0) is 26.2 Å². The SMILES string of the molecule is CCCCC[n+]1cc(C)cc(-c2cc(-c3cc(C)c[n+](CCCCC)c3)c(-c3cc(C)c[n+](CCCCC)c3)cc2-c2cc(C)c[n+](CCCCC)c2)c1.[Br-].[Br-].[Br-].[Br-]. The van der Waals surface area contributed by atoms with E-state index < -0.39 is 0 Å².